The van der Waals surface area contributed by atoms with Crippen LogP contribution in [0.4, 0.5) is 0 Å². The van der Waals surface area contributed by atoms with Crippen LogP contribution in [-0.4, -0.2) is 23.0 Å². The monoisotopic (exact) mass is 290 g/mol. The maximum absolute atomic E-state index is 2.29. The molecular formula is C16H34S2. The summed E-state index contributed by atoms with van der Waals surface area (Å²) in [7, 11) is 0. The third kappa shape index (κ3) is 16.7. The highest BCUT2D eigenvalue weighted by atomic mass is 32.2. The number of hydrogen-bond acceptors (Lipinski definition) is 2. The summed E-state index contributed by atoms with van der Waals surface area (Å²) in [6.45, 7) is 4.57. The highest BCUT2D eigenvalue weighted by Gasteiger charge is 1.93. The molecule has 0 saturated carbocycles. The molecule has 110 valence electrons. The topological polar surface area (TPSA) is 0 Å². The zero-order valence-electron chi connectivity index (χ0n) is 12.7. The highest BCUT2D eigenvalue weighted by molar-refractivity contribution is 8.02. The van der Waals surface area contributed by atoms with Gasteiger partial charge in [0, 0.05) is 11.5 Å². The molecule has 0 aromatic rings. The Morgan fingerprint density at radius 2 is 0.833 bits per heavy atom. The van der Waals surface area contributed by atoms with Gasteiger partial charge in [0.15, 0.2) is 0 Å². The van der Waals surface area contributed by atoms with Gasteiger partial charge in [-0.05, 0) is 24.3 Å². The van der Waals surface area contributed by atoms with E-state index >= 15 is 0 Å². The molecule has 0 rings (SSSR count). The molecule has 0 aromatic heterocycles. The van der Waals surface area contributed by atoms with E-state index in [0.717, 1.165) is 0 Å². The fourth-order valence-corrected chi connectivity index (χ4v) is 4.10. The van der Waals surface area contributed by atoms with Crippen LogP contribution in [-0.2, 0) is 0 Å². The predicted octanol–water partition coefficient (Wildman–Crippen LogP) is 6.39. The van der Waals surface area contributed by atoms with Crippen molar-refractivity contribution in [1.82, 2.24) is 0 Å². The predicted molar refractivity (Wildman–Crippen MR) is 92.2 cm³/mol. The lowest BCUT2D eigenvalue weighted by molar-refractivity contribution is 0.659. The average molecular weight is 291 g/mol. The van der Waals surface area contributed by atoms with Crippen molar-refractivity contribution in [2.45, 2.75) is 78.1 Å². The molecule has 0 nitrogen and oxygen atoms in total. The molecule has 0 aliphatic carbocycles. The van der Waals surface area contributed by atoms with Crippen molar-refractivity contribution >= 4 is 23.5 Å². The van der Waals surface area contributed by atoms with Gasteiger partial charge in [-0.2, -0.15) is 23.5 Å². The second-order valence-electron chi connectivity index (χ2n) is 5.05. The molecule has 0 heterocycles. The van der Waals surface area contributed by atoms with Crippen LogP contribution in [0.2, 0.25) is 0 Å². The Kier molecular flexibility index (Phi) is 18.4. The molecule has 0 saturated heterocycles. The molecule has 0 spiro atoms. The van der Waals surface area contributed by atoms with Crippen LogP contribution in [0.5, 0.6) is 0 Å². The molecule has 0 fully saturated rings. The maximum Gasteiger partial charge on any atom is 0.00235 e. The van der Waals surface area contributed by atoms with Gasteiger partial charge in [-0.15, -0.1) is 0 Å². The Labute approximate surface area is 124 Å². The molecule has 0 aromatic carbocycles. The minimum Gasteiger partial charge on any atom is -0.161 e. The molecule has 0 amide bonds. The van der Waals surface area contributed by atoms with Crippen LogP contribution in [0, 0.1) is 0 Å². The van der Waals surface area contributed by atoms with E-state index in [4.69, 9.17) is 0 Å². The van der Waals surface area contributed by atoms with Crippen LogP contribution in [0.1, 0.15) is 78.1 Å². The van der Waals surface area contributed by atoms with Crippen LogP contribution in [0.25, 0.3) is 0 Å². The SMILES string of the molecule is CCCCCCCSCCSCCCCCCC. The highest BCUT2D eigenvalue weighted by Crippen LogP contribution is 2.13. The molecule has 18 heavy (non-hydrogen) atoms. The maximum atomic E-state index is 2.29. The number of rotatable bonds is 15. The van der Waals surface area contributed by atoms with Gasteiger partial charge in [0.2, 0.25) is 0 Å². The van der Waals surface area contributed by atoms with Crippen molar-refractivity contribution in [3.8, 4) is 0 Å². The lowest BCUT2D eigenvalue weighted by Crippen LogP contribution is -1.90. The molecule has 0 bridgehead atoms. The third-order valence-corrected chi connectivity index (χ3v) is 5.56. The molecule has 2 heteroatoms. The first-order valence-corrected chi connectivity index (χ1v) is 10.4. The normalized spacial score (nSPS) is 11.0. The minimum atomic E-state index is 1.36. The van der Waals surface area contributed by atoms with E-state index in [1.165, 1.54) is 87.2 Å². The molecular weight excluding hydrogens is 256 g/mol. The van der Waals surface area contributed by atoms with E-state index in [1.807, 2.05) is 0 Å². The van der Waals surface area contributed by atoms with Crippen LogP contribution >= 0.6 is 23.5 Å². The second-order valence-corrected chi connectivity index (χ2v) is 7.50. The third-order valence-electron chi connectivity index (χ3n) is 3.16. The van der Waals surface area contributed by atoms with E-state index in [9.17, 15) is 0 Å². The van der Waals surface area contributed by atoms with Gasteiger partial charge in [0.25, 0.3) is 0 Å². The van der Waals surface area contributed by atoms with E-state index in [0.29, 0.717) is 0 Å². The summed E-state index contributed by atoms with van der Waals surface area (Å²) in [6.07, 6.45) is 14.3. The van der Waals surface area contributed by atoms with Crippen LogP contribution in [0.15, 0.2) is 0 Å². The number of unbranched alkanes of at least 4 members (excludes halogenated alkanes) is 8. The molecule has 0 N–H and O–H groups in total. The van der Waals surface area contributed by atoms with Gasteiger partial charge in [-0.1, -0.05) is 65.2 Å². The summed E-state index contributed by atoms with van der Waals surface area (Å²) < 4.78 is 0. The van der Waals surface area contributed by atoms with E-state index in [2.05, 4.69) is 37.4 Å². The summed E-state index contributed by atoms with van der Waals surface area (Å²) >= 11 is 4.32. The Bertz CT molecular complexity index is 121. The summed E-state index contributed by atoms with van der Waals surface area (Å²) in [5.74, 6) is 5.52. The molecule has 0 unspecified atom stereocenters. The van der Waals surface area contributed by atoms with Gasteiger partial charge < -0.3 is 0 Å². The van der Waals surface area contributed by atoms with Gasteiger partial charge in [0.1, 0.15) is 0 Å². The zero-order chi connectivity index (χ0) is 13.3. The van der Waals surface area contributed by atoms with Crippen molar-refractivity contribution in [2.24, 2.45) is 0 Å². The van der Waals surface area contributed by atoms with E-state index < -0.39 is 0 Å². The quantitative estimate of drug-likeness (QED) is 0.320. The molecule has 0 atom stereocenters. The lowest BCUT2D eigenvalue weighted by Gasteiger charge is -2.03. The second kappa shape index (κ2) is 17.7. The van der Waals surface area contributed by atoms with Gasteiger partial charge in [-0.25, -0.2) is 0 Å². The number of hydrogen-bond donors (Lipinski definition) is 0. The standard InChI is InChI=1S/C16H34S2/c1-3-5-7-9-11-13-17-15-16-18-14-12-10-8-6-4-2/h3-16H2,1-2H3. The number of thioether (sulfide) groups is 2. The van der Waals surface area contributed by atoms with E-state index in [1.54, 1.807) is 0 Å². The van der Waals surface area contributed by atoms with Crippen LogP contribution < -0.4 is 0 Å². The summed E-state index contributed by atoms with van der Waals surface area (Å²) in [5.41, 5.74) is 0. The first kappa shape index (κ1) is 18.7. The summed E-state index contributed by atoms with van der Waals surface area (Å²) in [5, 5.41) is 0. The van der Waals surface area contributed by atoms with Gasteiger partial charge in [0.05, 0.1) is 0 Å². The summed E-state index contributed by atoms with van der Waals surface area (Å²) in [4.78, 5) is 0. The first-order valence-electron chi connectivity index (χ1n) is 8.07. The van der Waals surface area contributed by atoms with Crippen molar-refractivity contribution in [3.63, 3.8) is 0 Å². The Balaban J connectivity index is 2.86. The Morgan fingerprint density at radius 1 is 0.444 bits per heavy atom. The average Bonchev–Trinajstić information content (AvgIpc) is 2.39. The molecule has 0 radical (unpaired) electrons. The van der Waals surface area contributed by atoms with Gasteiger partial charge >= 0.3 is 0 Å². The largest absolute Gasteiger partial charge is 0.161 e. The fourth-order valence-electron chi connectivity index (χ4n) is 1.94. The van der Waals surface area contributed by atoms with E-state index in [-0.39, 0.29) is 0 Å². The fraction of sp³-hybridized carbons (Fsp3) is 1.00. The minimum absolute atomic E-state index is 1.36. The van der Waals surface area contributed by atoms with Crippen molar-refractivity contribution in [2.75, 3.05) is 23.0 Å². The van der Waals surface area contributed by atoms with Crippen LogP contribution in [0.3, 0.4) is 0 Å². The Morgan fingerprint density at radius 3 is 1.22 bits per heavy atom. The van der Waals surface area contributed by atoms with Crippen molar-refractivity contribution < 1.29 is 0 Å². The van der Waals surface area contributed by atoms with Gasteiger partial charge in [-0.3, -0.25) is 0 Å². The summed E-state index contributed by atoms with van der Waals surface area (Å²) in [6, 6.07) is 0. The zero-order valence-corrected chi connectivity index (χ0v) is 14.3. The van der Waals surface area contributed by atoms with Crippen molar-refractivity contribution in [3.05, 3.63) is 0 Å². The van der Waals surface area contributed by atoms with Crippen molar-refractivity contribution in [1.29, 1.82) is 0 Å². The Hall–Kier alpha value is 0.700. The lowest BCUT2D eigenvalue weighted by atomic mass is 10.2. The first-order chi connectivity index (χ1) is 8.91. The smallest absolute Gasteiger partial charge is 0.00235 e. The molecule has 0 aliphatic heterocycles. The molecule has 0 aliphatic rings.